The molecule has 3 aliphatic rings. The van der Waals surface area contributed by atoms with E-state index in [1.165, 1.54) is 122 Å². The average molecular weight is 515 g/mol. The van der Waals surface area contributed by atoms with Gasteiger partial charge in [-0.1, -0.05) is 68.9 Å². The van der Waals surface area contributed by atoms with Gasteiger partial charge in [-0.3, -0.25) is 0 Å². The van der Waals surface area contributed by atoms with E-state index in [0.29, 0.717) is 0 Å². The van der Waals surface area contributed by atoms with Gasteiger partial charge in [0.05, 0.1) is 15.3 Å². The van der Waals surface area contributed by atoms with Crippen LogP contribution in [-0.4, -0.2) is 18.4 Å². The third kappa shape index (κ3) is 4.69. The molecule has 0 aliphatic heterocycles. The maximum atomic E-state index is 7.57. The topological polar surface area (TPSA) is 18.5 Å². The van der Waals surface area contributed by atoms with Crippen LogP contribution in [0.25, 0.3) is 21.9 Å². The predicted molar refractivity (Wildman–Crippen MR) is 159 cm³/mol. The lowest BCUT2D eigenvalue weighted by molar-refractivity contribution is 0.416. The molecule has 2 nitrogen and oxygen atoms in total. The number of fused-ring (bicyclic) bond motifs is 2. The van der Waals surface area contributed by atoms with Gasteiger partial charge in [-0.25, -0.2) is 0 Å². The number of hydrogen-bond donors (Lipinski definition) is 0. The van der Waals surface area contributed by atoms with Gasteiger partial charge in [0.2, 0.25) is 0 Å². The molecule has 0 spiro atoms. The first-order chi connectivity index (χ1) is 18.2. The van der Waals surface area contributed by atoms with Crippen molar-refractivity contribution in [2.45, 2.75) is 109 Å². The fourth-order valence-corrected chi connectivity index (χ4v) is 10.6. The molecule has 2 saturated carbocycles. The molecule has 0 N–H and O–H groups in total. The van der Waals surface area contributed by atoms with E-state index in [2.05, 4.69) is 50.2 Å². The second kappa shape index (κ2) is 11.0. The largest absolute Gasteiger partial charge is 0.496 e. The van der Waals surface area contributed by atoms with Crippen LogP contribution < -0.4 is 9.26 Å². The number of benzene rings is 3. The summed E-state index contributed by atoms with van der Waals surface area (Å²) >= 11 is 0. The minimum Gasteiger partial charge on any atom is -0.496 e. The second-order valence-electron chi connectivity index (χ2n) is 11.7. The molecule has 0 aromatic heterocycles. The zero-order valence-corrected chi connectivity index (χ0v) is 24.0. The summed E-state index contributed by atoms with van der Waals surface area (Å²) in [6.07, 6.45) is 17.4. The molecule has 3 heteroatoms. The molecule has 196 valence electrons. The zero-order chi connectivity index (χ0) is 25.4. The first-order valence-corrected chi connectivity index (χ1v) is 16.2. The molecule has 0 radical (unpaired) electrons. The van der Waals surface area contributed by atoms with E-state index < -0.39 is 8.15 Å². The highest BCUT2D eigenvalue weighted by Gasteiger charge is 2.36. The monoisotopic (exact) mass is 514 g/mol. The van der Waals surface area contributed by atoms with Crippen LogP contribution in [0.2, 0.25) is 0 Å². The van der Waals surface area contributed by atoms with Crippen LogP contribution in [0.5, 0.6) is 11.5 Å². The molecule has 3 aromatic carbocycles. The maximum absolute atomic E-state index is 7.57. The molecule has 0 atom stereocenters. The molecule has 3 aromatic rings. The van der Waals surface area contributed by atoms with Gasteiger partial charge >= 0.3 is 0 Å². The maximum Gasteiger partial charge on any atom is 0.134 e. The highest BCUT2D eigenvalue weighted by molar-refractivity contribution is 7.54. The molecule has 0 heterocycles. The van der Waals surface area contributed by atoms with Crippen molar-refractivity contribution in [3.8, 4) is 22.6 Å². The van der Waals surface area contributed by atoms with E-state index in [4.69, 9.17) is 9.26 Å². The third-order valence-electron chi connectivity index (χ3n) is 9.49. The van der Waals surface area contributed by atoms with E-state index in [-0.39, 0.29) is 0 Å². The third-order valence-corrected chi connectivity index (χ3v) is 12.4. The Morgan fingerprint density at radius 2 is 1.30 bits per heavy atom. The zero-order valence-electron chi connectivity index (χ0n) is 23.1. The number of hydrogen-bond acceptors (Lipinski definition) is 2. The van der Waals surface area contributed by atoms with Crippen molar-refractivity contribution in [3.05, 3.63) is 58.7 Å². The Hall–Kier alpha value is -2.05. The molecular weight excluding hydrogens is 471 g/mol. The summed E-state index contributed by atoms with van der Waals surface area (Å²) in [5.74, 6) is 2.15. The summed E-state index contributed by atoms with van der Waals surface area (Å²) in [7, 11) is 1.31. The fraction of sp³-hybridized carbons (Fsp3) is 0.529. The van der Waals surface area contributed by atoms with Crippen molar-refractivity contribution >= 4 is 18.9 Å². The van der Waals surface area contributed by atoms with Crippen LogP contribution >= 0.6 is 8.15 Å². The lowest BCUT2D eigenvalue weighted by atomic mass is 9.87. The molecule has 6 rings (SSSR count). The minimum atomic E-state index is -0.513. The molecule has 2 fully saturated rings. The van der Waals surface area contributed by atoms with Gasteiger partial charge < -0.3 is 9.26 Å². The van der Waals surface area contributed by atoms with E-state index in [1.54, 1.807) is 11.1 Å². The molecule has 3 aliphatic carbocycles. The predicted octanol–water partition coefficient (Wildman–Crippen LogP) is 10.1. The highest BCUT2D eigenvalue weighted by Crippen LogP contribution is 2.59. The second-order valence-corrected chi connectivity index (χ2v) is 14.0. The van der Waals surface area contributed by atoms with Gasteiger partial charge in [0.1, 0.15) is 11.5 Å². The van der Waals surface area contributed by atoms with E-state index in [0.717, 1.165) is 17.1 Å². The van der Waals surface area contributed by atoms with Gasteiger partial charge in [-0.05, 0) is 97.9 Å². The molecule has 37 heavy (non-hydrogen) atoms. The number of rotatable bonds is 6. The normalized spacial score (nSPS) is 18.9. The van der Waals surface area contributed by atoms with Crippen molar-refractivity contribution < 1.29 is 9.26 Å². The smallest absolute Gasteiger partial charge is 0.134 e. The summed E-state index contributed by atoms with van der Waals surface area (Å²) in [6.45, 7) is 4.71. The van der Waals surface area contributed by atoms with E-state index in [1.807, 2.05) is 7.11 Å². The Labute approximate surface area is 225 Å². The molecule has 0 bridgehead atoms. The summed E-state index contributed by atoms with van der Waals surface area (Å²) in [6, 6.07) is 13.2. The van der Waals surface area contributed by atoms with Crippen LogP contribution in [0.1, 0.15) is 92.9 Å². The van der Waals surface area contributed by atoms with Gasteiger partial charge in [0, 0.05) is 22.4 Å². The van der Waals surface area contributed by atoms with Crippen molar-refractivity contribution in [2.75, 3.05) is 7.11 Å². The highest BCUT2D eigenvalue weighted by atomic mass is 31.1. The number of methoxy groups -OCH3 is 1. The summed E-state index contributed by atoms with van der Waals surface area (Å²) in [5, 5.41) is 2.54. The first kappa shape index (κ1) is 25.2. The quantitative estimate of drug-likeness (QED) is 0.305. The van der Waals surface area contributed by atoms with Gasteiger partial charge in [0.15, 0.2) is 0 Å². The van der Waals surface area contributed by atoms with Crippen LogP contribution in [0.4, 0.5) is 0 Å². The minimum absolute atomic E-state index is 0.513. The van der Waals surface area contributed by atoms with Crippen LogP contribution in [0.15, 0.2) is 36.4 Å². The lowest BCUT2D eigenvalue weighted by Gasteiger charge is -2.38. The Morgan fingerprint density at radius 1 is 0.676 bits per heavy atom. The van der Waals surface area contributed by atoms with Crippen molar-refractivity contribution in [1.82, 2.24) is 0 Å². The van der Waals surface area contributed by atoms with Crippen molar-refractivity contribution in [3.63, 3.8) is 0 Å². The molecule has 0 amide bonds. The van der Waals surface area contributed by atoms with Gasteiger partial charge in [-0.2, -0.15) is 0 Å². The molecular formula is C34H43O2P. The summed E-state index contributed by atoms with van der Waals surface area (Å²) in [5.41, 5.74) is 10.0. The van der Waals surface area contributed by atoms with E-state index in [9.17, 15) is 0 Å². The van der Waals surface area contributed by atoms with Gasteiger partial charge in [-0.15, -0.1) is 0 Å². The van der Waals surface area contributed by atoms with Crippen LogP contribution in [0, 0.1) is 13.8 Å². The molecule has 0 saturated heterocycles. The average Bonchev–Trinajstić information content (AvgIpc) is 3.46. The van der Waals surface area contributed by atoms with Crippen molar-refractivity contribution in [1.29, 1.82) is 0 Å². The summed E-state index contributed by atoms with van der Waals surface area (Å²) in [4.78, 5) is 0. The first-order valence-electron chi connectivity index (χ1n) is 14.8. The Kier molecular flexibility index (Phi) is 7.49. The standard InChI is InChI=1S/C34H43O2P/c1-23-28-19-12-20-29(28)24(2)34(32(23)33-30-18-11-10-13-25(30)21-22-31(33)35-3)36-37(26-14-6-4-7-15-26)27-16-8-5-9-17-27/h10-11,13,18,21-22,26-27H,4-9,12,14-17,19-20H2,1-3H3. The Bertz CT molecular complexity index is 1250. The Morgan fingerprint density at radius 3 is 1.95 bits per heavy atom. The lowest BCUT2D eigenvalue weighted by Crippen LogP contribution is -2.23. The number of ether oxygens (including phenoxy) is 1. The summed E-state index contributed by atoms with van der Waals surface area (Å²) < 4.78 is 13.6. The molecule has 0 unspecified atom stereocenters. The SMILES string of the molecule is COc1ccc2ccccc2c1-c1c(C)c2c(c(C)c1OP(C1CCCCC1)C1CCCCC1)CCC2. The van der Waals surface area contributed by atoms with Gasteiger partial charge in [0.25, 0.3) is 0 Å². The van der Waals surface area contributed by atoms with Crippen LogP contribution in [0.3, 0.4) is 0 Å². The Balaban J connectivity index is 1.56. The fourth-order valence-electron chi connectivity index (χ4n) is 7.54. The van der Waals surface area contributed by atoms with Crippen molar-refractivity contribution in [2.24, 2.45) is 0 Å². The van der Waals surface area contributed by atoms with Crippen LogP contribution in [-0.2, 0) is 12.8 Å². The van der Waals surface area contributed by atoms with E-state index >= 15 is 0 Å².